The van der Waals surface area contributed by atoms with Crippen molar-refractivity contribution in [3.05, 3.63) is 29.8 Å². The summed E-state index contributed by atoms with van der Waals surface area (Å²) in [7, 11) is -2.09. The molecule has 0 bridgehead atoms. The Balaban J connectivity index is 1.68. The van der Waals surface area contributed by atoms with Crippen molar-refractivity contribution >= 4 is 21.5 Å². The number of nitrogens with zero attached hydrogens (tertiary/aromatic N) is 2. The topological polar surface area (TPSA) is 96.4 Å². The molecular formula is C27H40N2O6S. The first-order valence-corrected chi connectivity index (χ1v) is 14.6. The van der Waals surface area contributed by atoms with Crippen LogP contribution in [0.15, 0.2) is 29.2 Å². The van der Waals surface area contributed by atoms with Crippen molar-refractivity contribution in [1.29, 1.82) is 0 Å². The van der Waals surface area contributed by atoms with E-state index in [1.807, 2.05) is 19.1 Å². The van der Waals surface area contributed by atoms with Crippen LogP contribution in [-0.4, -0.2) is 80.7 Å². The minimum Gasteiger partial charge on any atom is -0.487 e. The maximum Gasteiger partial charge on any atom is 0.247 e. The zero-order valence-corrected chi connectivity index (χ0v) is 22.5. The first-order valence-electron chi connectivity index (χ1n) is 13.2. The predicted molar refractivity (Wildman–Crippen MR) is 138 cm³/mol. The summed E-state index contributed by atoms with van der Waals surface area (Å²) in [5.74, 6) is 0.128. The average molecular weight is 521 g/mol. The number of aliphatic hydroxyl groups excluding tert-OH is 1. The highest BCUT2D eigenvalue weighted by molar-refractivity contribution is 7.89. The van der Waals surface area contributed by atoms with E-state index in [9.17, 15) is 18.3 Å². The zero-order valence-electron chi connectivity index (χ0n) is 21.7. The van der Waals surface area contributed by atoms with E-state index in [1.165, 1.54) is 16.3 Å². The van der Waals surface area contributed by atoms with Gasteiger partial charge in [0.15, 0.2) is 0 Å². The molecule has 1 amide bonds. The van der Waals surface area contributed by atoms with Gasteiger partial charge < -0.3 is 19.5 Å². The summed E-state index contributed by atoms with van der Waals surface area (Å²) in [6.45, 7) is 5.12. The van der Waals surface area contributed by atoms with Crippen LogP contribution in [0.4, 0.5) is 0 Å². The van der Waals surface area contributed by atoms with Gasteiger partial charge in [-0.3, -0.25) is 4.79 Å². The molecule has 0 unspecified atom stereocenters. The Kier molecular flexibility index (Phi) is 8.75. The molecule has 2 aliphatic heterocycles. The van der Waals surface area contributed by atoms with Crippen molar-refractivity contribution in [1.82, 2.24) is 9.21 Å². The molecule has 1 saturated heterocycles. The van der Waals surface area contributed by atoms with Crippen molar-refractivity contribution in [2.75, 3.05) is 40.0 Å². The summed E-state index contributed by atoms with van der Waals surface area (Å²) in [6.07, 6.45) is 7.51. The number of rotatable bonds is 6. The molecule has 200 valence electrons. The first-order chi connectivity index (χ1) is 17.2. The van der Waals surface area contributed by atoms with Gasteiger partial charge in [-0.2, -0.15) is 4.31 Å². The molecule has 36 heavy (non-hydrogen) atoms. The Labute approximate surface area is 215 Å². The highest BCUT2D eigenvalue weighted by Gasteiger charge is 2.39. The van der Waals surface area contributed by atoms with Crippen LogP contribution in [0.2, 0.25) is 0 Å². The smallest absolute Gasteiger partial charge is 0.247 e. The summed E-state index contributed by atoms with van der Waals surface area (Å²) < 4.78 is 40.7. The van der Waals surface area contributed by atoms with Crippen LogP contribution in [0.25, 0.3) is 5.57 Å². The standard InChI is InChI=1S/C27H40N2O6S/c1-19-16-29(20(2)18-30)36(32,33)26-10-9-23(21-7-5-4-6-8-21)15-24(26)35-25(19)17-28(3)27(31)22-11-13-34-14-12-22/h7,9-10,15,19-20,22,25,30H,4-6,8,11-14,16-18H2,1-3H3/t19-,20+,25+/m0/s1. The highest BCUT2D eigenvalue weighted by atomic mass is 32.2. The second-order valence-electron chi connectivity index (χ2n) is 10.5. The average Bonchev–Trinajstić information content (AvgIpc) is 2.90. The third-order valence-corrected chi connectivity index (χ3v) is 9.75. The maximum atomic E-state index is 13.7. The van der Waals surface area contributed by atoms with E-state index in [-0.39, 0.29) is 35.8 Å². The Morgan fingerprint density at radius 1 is 1.25 bits per heavy atom. The van der Waals surface area contributed by atoms with Crippen LogP contribution in [0.5, 0.6) is 5.75 Å². The van der Waals surface area contributed by atoms with E-state index < -0.39 is 22.2 Å². The van der Waals surface area contributed by atoms with Gasteiger partial charge in [0.05, 0.1) is 13.2 Å². The van der Waals surface area contributed by atoms with Gasteiger partial charge in [0.25, 0.3) is 0 Å². The zero-order chi connectivity index (χ0) is 25.9. The molecule has 3 aliphatic rings. The highest BCUT2D eigenvalue weighted by Crippen LogP contribution is 2.37. The van der Waals surface area contributed by atoms with Gasteiger partial charge in [0.1, 0.15) is 16.7 Å². The summed E-state index contributed by atoms with van der Waals surface area (Å²) in [6, 6.07) is 4.76. The number of fused-ring (bicyclic) bond motifs is 1. The molecule has 0 radical (unpaired) electrons. The Morgan fingerprint density at radius 2 is 2.00 bits per heavy atom. The lowest BCUT2D eigenvalue weighted by Crippen LogP contribution is -2.50. The molecule has 3 atom stereocenters. The normalized spacial score (nSPS) is 26.1. The van der Waals surface area contributed by atoms with Gasteiger partial charge in [-0.25, -0.2) is 8.42 Å². The minimum atomic E-state index is -3.89. The number of carbonyl (C=O) groups is 1. The molecule has 4 rings (SSSR count). The SMILES string of the molecule is C[C@H](CO)N1C[C@H](C)[C@@H](CN(C)C(=O)C2CCOCC2)Oc2cc(C3=CCCCC3)ccc2S1(=O)=O. The van der Waals surface area contributed by atoms with E-state index in [2.05, 4.69) is 6.08 Å². The predicted octanol–water partition coefficient (Wildman–Crippen LogP) is 3.30. The minimum absolute atomic E-state index is 0.0592. The van der Waals surface area contributed by atoms with Gasteiger partial charge in [-0.05, 0) is 68.7 Å². The third-order valence-electron chi connectivity index (χ3n) is 7.73. The van der Waals surface area contributed by atoms with E-state index >= 15 is 0 Å². The van der Waals surface area contributed by atoms with Gasteiger partial charge in [-0.15, -0.1) is 0 Å². The molecule has 1 fully saturated rings. The van der Waals surface area contributed by atoms with E-state index in [4.69, 9.17) is 9.47 Å². The van der Waals surface area contributed by atoms with Crippen molar-refractivity contribution < 1.29 is 27.8 Å². The van der Waals surface area contributed by atoms with Crippen molar-refractivity contribution in [2.45, 2.75) is 69.4 Å². The number of hydrogen-bond acceptors (Lipinski definition) is 6. The Bertz CT molecular complexity index is 1070. The van der Waals surface area contributed by atoms with Crippen LogP contribution >= 0.6 is 0 Å². The molecule has 0 aromatic heterocycles. The second-order valence-corrected chi connectivity index (χ2v) is 12.3. The lowest BCUT2D eigenvalue weighted by Gasteiger charge is -2.38. The maximum absolute atomic E-state index is 13.7. The third kappa shape index (κ3) is 5.79. The lowest BCUT2D eigenvalue weighted by molar-refractivity contribution is -0.138. The van der Waals surface area contributed by atoms with Crippen LogP contribution in [0.3, 0.4) is 0 Å². The van der Waals surface area contributed by atoms with Crippen molar-refractivity contribution in [3.8, 4) is 5.75 Å². The number of sulfonamides is 1. The fraction of sp³-hybridized carbons (Fsp3) is 0.667. The Hall–Kier alpha value is -1.94. The van der Waals surface area contributed by atoms with Gasteiger partial charge in [0.2, 0.25) is 15.9 Å². The quantitative estimate of drug-likeness (QED) is 0.618. The van der Waals surface area contributed by atoms with Crippen LogP contribution in [0.1, 0.15) is 57.9 Å². The van der Waals surface area contributed by atoms with E-state index in [0.29, 0.717) is 38.3 Å². The summed E-state index contributed by atoms with van der Waals surface area (Å²) in [5, 5.41) is 9.85. The number of amides is 1. The molecule has 0 saturated carbocycles. The fourth-order valence-corrected chi connectivity index (χ4v) is 7.19. The van der Waals surface area contributed by atoms with Crippen molar-refractivity contribution in [3.63, 3.8) is 0 Å². The second kappa shape index (κ2) is 11.6. The largest absolute Gasteiger partial charge is 0.487 e. The monoisotopic (exact) mass is 520 g/mol. The number of aliphatic hydroxyl groups is 1. The van der Waals surface area contributed by atoms with Gasteiger partial charge >= 0.3 is 0 Å². The van der Waals surface area contributed by atoms with E-state index in [0.717, 1.165) is 24.8 Å². The molecule has 2 heterocycles. The Morgan fingerprint density at radius 3 is 2.67 bits per heavy atom. The molecule has 0 spiro atoms. The molecule has 1 aromatic carbocycles. The number of hydrogen-bond donors (Lipinski definition) is 1. The first kappa shape index (κ1) is 27.1. The van der Waals surface area contributed by atoms with Crippen LogP contribution in [0, 0.1) is 11.8 Å². The molecular weight excluding hydrogens is 480 g/mol. The van der Waals surface area contributed by atoms with Crippen LogP contribution < -0.4 is 4.74 Å². The summed E-state index contributed by atoms with van der Waals surface area (Å²) in [4.78, 5) is 15.0. The molecule has 9 heteroatoms. The molecule has 1 aromatic rings. The molecule has 8 nitrogen and oxygen atoms in total. The number of benzene rings is 1. The number of likely N-dealkylation sites (N-methyl/N-ethyl adjacent to an activating group) is 1. The number of carbonyl (C=O) groups excluding carboxylic acids is 1. The van der Waals surface area contributed by atoms with Gasteiger partial charge in [0, 0.05) is 44.7 Å². The van der Waals surface area contributed by atoms with Gasteiger partial charge in [-0.1, -0.05) is 19.1 Å². The lowest BCUT2D eigenvalue weighted by atomic mass is 9.93. The summed E-state index contributed by atoms with van der Waals surface area (Å²) in [5.41, 5.74) is 2.19. The number of allylic oxidation sites excluding steroid dienone is 2. The van der Waals surface area contributed by atoms with E-state index in [1.54, 1.807) is 24.9 Å². The molecule has 1 aliphatic carbocycles. The van der Waals surface area contributed by atoms with Crippen LogP contribution in [-0.2, 0) is 19.6 Å². The fourth-order valence-electron chi connectivity index (χ4n) is 5.36. The summed E-state index contributed by atoms with van der Waals surface area (Å²) >= 11 is 0. The molecule has 1 N–H and O–H groups in total. The number of ether oxygens (including phenoxy) is 2. The van der Waals surface area contributed by atoms with Crippen molar-refractivity contribution in [2.24, 2.45) is 11.8 Å².